The van der Waals surface area contributed by atoms with Crippen molar-refractivity contribution in [1.82, 2.24) is 10.6 Å². The number of aliphatic carboxylic acids is 1. The molecule has 0 aliphatic carbocycles. The van der Waals surface area contributed by atoms with E-state index in [1.807, 2.05) is 5.32 Å². The van der Waals surface area contributed by atoms with Crippen molar-refractivity contribution in [2.24, 2.45) is 0 Å². The predicted molar refractivity (Wildman–Crippen MR) is 64.0 cm³/mol. The molecule has 0 saturated heterocycles. The van der Waals surface area contributed by atoms with Crippen LogP contribution in [0.25, 0.3) is 0 Å². The molecular weight excluding hydrogens is 236 g/mol. The third-order valence-corrected chi connectivity index (χ3v) is 2.69. The Morgan fingerprint density at radius 2 is 1.72 bits per heavy atom. The third kappa shape index (κ3) is 2.48. The largest absolute Gasteiger partial charge is 0.480 e. The van der Waals surface area contributed by atoms with Crippen LogP contribution in [0.4, 0.5) is 4.79 Å². The number of carboxylic acids is 1. The van der Waals surface area contributed by atoms with E-state index < -0.39 is 23.3 Å². The van der Waals surface area contributed by atoms with Gasteiger partial charge in [0.25, 0.3) is 0 Å². The van der Waals surface area contributed by atoms with Crippen molar-refractivity contribution in [2.45, 2.75) is 12.3 Å². The smallest absolute Gasteiger partial charge is 0.323 e. The third-order valence-electron chi connectivity index (χ3n) is 2.69. The minimum absolute atomic E-state index is 0.305. The Labute approximate surface area is 104 Å². The highest BCUT2D eigenvalue weighted by Gasteiger charge is 2.43. The van der Waals surface area contributed by atoms with E-state index in [-0.39, 0.29) is 0 Å². The SMILES string of the molecule is CNC(=O)NC(=O)[C@](C)(C(=O)O)c1ccccc1. The van der Waals surface area contributed by atoms with Crippen LogP contribution in [0, 0.1) is 0 Å². The number of carbonyl (C=O) groups excluding carboxylic acids is 2. The Morgan fingerprint density at radius 3 is 2.17 bits per heavy atom. The monoisotopic (exact) mass is 250 g/mol. The van der Waals surface area contributed by atoms with Crippen molar-refractivity contribution in [3.63, 3.8) is 0 Å². The zero-order chi connectivity index (χ0) is 13.8. The molecule has 0 radical (unpaired) electrons. The first-order valence-electron chi connectivity index (χ1n) is 5.25. The number of rotatable bonds is 3. The van der Waals surface area contributed by atoms with Gasteiger partial charge in [-0.15, -0.1) is 0 Å². The Balaban J connectivity index is 3.13. The van der Waals surface area contributed by atoms with Crippen molar-refractivity contribution in [1.29, 1.82) is 0 Å². The number of carboxylic acid groups (broad SMARTS) is 1. The summed E-state index contributed by atoms with van der Waals surface area (Å²) < 4.78 is 0. The van der Waals surface area contributed by atoms with Crippen LogP contribution < -0.4 is 10.6 Å². The van der Waals surface area contributed by atoms with Gasteiger partial charge in [0, 0.05) is 7.05 Å². The number of amides is 3. The summed E-state index contributed by atoms with van der Waals surface area (Å²) in [4.78, 5) is 34.4. The second-order valence-electron chi connectivity index (χ2n) is 3.83. The normalized spacial score (nSPS) is 13.2. The molecule has 0 aliphatic heterocycles. The Kier molecular flexibility index (Phi) is 4.04. The van der Waals surface area contributed by atoms with Gasteiger partial charge in [0.2, 0.25) is 5.91 Å². The molecule has 0 bridgehead atoms. The molecule has 6 nitrogen and oxygen atoms in total. The van der Waals surface area contributed by atoms with Crippen molar-refractivity contribution in [3.8, 4) is 0 Å². The first-order chi connectivity index (χ1) is 8.42. The summed E-state index contributed by atoms with van der Waals surface area (Å²) in [6, 6.07) is 7.27. The molecule has 0 fully saturated rings. The highest BCUT2D eigenvalue weighted by molar-refractivity contribution is 6.12. The molecule has 1 aromatic rings. The summed E-state index contributed by atoms with van der Waals surface area (Å²) in [5.41, 5.74) is -1.51. The molecule has 18 heavy (non-hydrogen) atoms. The maximum absolute atomic E-state index is 11.9. The molecule has 0 spiro atoms. The van der Waals surface area contributed by atoms with Crippen LogP contribution in [-0.2, 0) is 15.0 Å². The summed E-state index contributed by atoms with van der Waals surface area (Å²) in [5, 5.41) is 13.4. The van der Waals surface area contributed by atoms with Gasteiger partial charge >= 0.3 is 12.0 Å². The van der Waals surface area contributed by atoms with E-state index in [0.717, 1.165) is 0 Å². The fourth-order valence-electron chi connectivity index (χ4n) is 1.41. The number of carbonyl (C=O) groups is 3. The van der Waals surface area contributed by atoms with Gasteiger partial charge < -0.3 is 10.4 Å². The van der Waals surface area contributed by atoms with Gasteiger partial charge in [-0.2, -0.15) is 0 Å². The summed E-state index contributed by atoms with van der Waals surface area (Å²) in [6.45, 7) is 1.25. The fraction of sp³-hybridized carbons (Fsp3) is 0.250. The average Bonchev–Trinajstić information content (AvgIpc) is 2.38. The Morgan fingerprint density at radius 1 is 1.17 bits per heavy atom. The van der Waals surface area contributed by atoms with Gasteiger partial charge in [0.1, 0.15) is 0 Å². The minimum atomic E-state index is -1.81. The maximum Gasteiger partial charge on any atom is 0.323 e. The van der Waals surface area contributed by atoms with Crippen LogP contribution in [0.2, 0.25) is 0 Å². The zero-order valence-electron chi connectivity index (χ0n) is 10.1. The molecule has 6 heteroatoms. The van der Waals surface area contributed by atoms with Crippen LogP contribution in [0.3, 0.4) is 0 Å². The summed E-state index contributed by atoms with van der Waals surface area (Å²) in [6.07, 6.45) is 0. The summed E-state index contributed by atoms with van der Waals surface area (Å²) in [5.74, 6) is -2.21. The van der Waals surface area contributed by atoms with Crippen molar-refractivity contribution in [2.75, 3.05) is 7.05 Å². The van der Waals surface area contributed by atoms with Crippen LogP contribution in [-0.4, -0.2) is 30.1 Å². The van der Waals surface area contributed by atoms with Crippen LogP contribution in [0.5, 0.6) is 0 Å². The van der Waals surface area contributed by atoms with Gasteiger partial charge in [-0.3, -0.25) is 14.9 Å². The Bertz CT molecular complexity index is 472. The van der Waals surface area contributed by atoms with Crippen molar-refractivity contribution in [3.05, 3.63) is 35.9 Å². The van der Waals surface area contributed by atoms with Gasteiger partial charge in [0.15, 0.2) is 5.41 Å². The summed E-state index contributed by atoms with van der Waals surface area (Å²) >= 11 is 0. The average molecular weight is 250 g/mol. The summed E-state index contributed by atoms with van der Waals surface area (Å²) in [7, 11) is 1.34. The number of hydrogen-bond acceptors (Lipinski definition) is 3. The standard InChI is InChI=1S/C12H14N2O4/c1-12(10(16)17,8-6-4-3-5-7-8)9(15)14-11(18)13-2/h3-7H,1-2H3,(H,16,17)(H2,13,14,15,18)/t12-/m1/s1. The van der Waals surface area contributed by atoms with Crippen molar-refractivity contribution >= 4 is 17.9 Å². The second kappa shape index (κ2) is 5.31. The first kappa shape index (κ1) is 13.7. The van der Waals surface area contributed by atoms with Gasteiger partial charge in [-0.05, 0) is 12.5 Å². The van der Waals surface area contributed by atoms with E-state index in [0.29, 0.717) is 5.56 Å². The van der Waals surface area contributed by atoms with Gasteiger partial charge in [0.05, 0.1) is 0 Å². The lowest BCUT2D eigenvalue weighted by atomic mass is 9.81. The van der Waals surface area contributed by atoms with Gasteiger partial charge in [-0.1, -0.05) is 30.3 Å². The molecule has 0 heterocycles. The predicted octanol–water partition coefficient (Wildman–Crippen LogP) is 0.484. The van der Waals surface area contributed by atoms with Gasteiger partial charge in [-0.25, -0.2) is 4.79 Å². The topological polar surface area (TPSA) is 95.5 Å². The van der Waals surface area contributed by atoms with Crippen LogP contribution in [0.15, 0.2) is 30.3 Å². The van der Waals surface area contributed by atoms with E-state index in [4.69, 9.17) is 0 Å². The fourth-order valence-corrected chi connectivity index (χ4v) is 1.41. The number of nitrogens with one attached hydrogen (secondary N) is 2. The molecule has 3 N–H and O–H groups in total. The minimum Gasteiger partial charge on any atom is -0.480 e. The maximum atomic E-state index is 11.9. The molecule has 1 rings (SSSR count). The number of urea groups is 1. The molecule has 0 aromatic heterocycles. The lowest BCUT2D eigenvalue weighted by molar-refractivity contribution is -0.148. The van der Waals surface area contributed by atoms with E-state index in [9.17, 15) is 19.5 Å². The Hall–Kier alpha value is -2.37. The lowest BCUT2D eigenvalue weighted by Gasteiger charge is -2.23. The molecule has 0 saturated carbocycles. The van der Waals surface area contributed by atoms with Crippen LogP contribution in [0.1, 0.15) is 12.5 Å². The van der Waals surface area contributed by atoms with Crippen molar-refractivity contribution < 1.29 is 19.5 Å². The molecule has 1 atom stereocenters. The quantitative estimate of drug-likeness (QED) is 0.680. The highest BCUT2D eigenvalue weighted by atomic mass is 16.4. The number of benzene rings is 1. The molecule has 0 unspecified atom stereocenters. The van der Waals surface area contributed by atoms with Crippen LogP contribution >= 0.6 is 0 Å². The van der Waals surface area contributed by atoms with E-state index >= 15 is 0 Å². The first-order valence-corrected chi connectivity index (χ1v) is 5.25. The molecule has 0 aliphatic rings. The number of hydrogen-bond donors (Lipinski definition) is 3. The lowest BCUT2D eigenvalue weighted by Crippen LogP contribution is -2.51. The molecule has 96 valence electrons. The van der Waals surface area contributed by atoms with E-state index in [1.54, 1.807) is 18.2 Å². The molecule has 1 aromatic carbocycles. The second-order valence-corrected chi connectivity index (χ2v) is 3.83. The number of imide groups is 1. The van der Waals surface area contributed by atoms with E-state index in [1.165, 1.54) is 26.1 Å². The molecular formula is C12H14N2O4. The molecule has 3 amide bonds. The zero-order valence-corrected chi connectivity index (χ0v) is 10.1. The highest BCUT2D eigenvalue weighted by Crippen LogP contribution is 2.24. The van der Waals surface area contributed by atoms with E-state index in [2.05, 4.69) is 5.32 Å².